The van der Waals surface area contributed by atoms with Crippen LogP contribution in [0.25, 0.3) is 10.8 Å². The van der Waals surface area contributed by atoms with E-state index in [0.29, 0.717) is 5.75 Å². The Balaban J connectivity index is 2.41. The zero-order chi connectivity index (χ0) is 11.5. The van der Waals surface area contributed by atoms with Gasteiger partial charge in [-0.15, -0.1) is 0 Å². The third kappa shape index (κ3) is 1.95. The highest BCUT2D eigenvalue weighted by Gasteiger charge is 2.09. The molecule has 0 N–H and O–H groups in total. The second-order valence-electron chi connectivity index (χ2n) is 3.62. The molecule has 0 fully saturated rings. The first-order chi connectivity index (χ1) is 7.68. The average molecular weight is 216 g/mol. The number of amides is 1. The normalized spacial score (nSPS) is 10.1. The maximum Gasteiger partial charge on any atom is 0.414 e. The highest BCUT2D eigenvalue weighted by molar-refractivity contribution is 5.89. The van der Waals surface area contributed by atoms with Gasteiger partial charge in [-0.2, -0.15) is 0 Å². The van der Waals surface area contributed by atoms with E-state index in [2.05, 4.69) is 4.98 Å². The van der Waals surface area contributed by atoms with Gasteiger partial charge in [-0.1, -0.05) is 12.1 Å². The van der Waals surface area contributed by atoms with E-state index in [-0.39, 0.29) is 6.09 Å². The van der Waals surface area contributed by atoms with Crippen LogP contribution in [0.2, 0.25) is 0 Å². The quantitative estimate of drug-likeness (QED) is 0.734. The van der Waals surface area contributed by atoms with Gasteiger partial charge in [-0.25, -0.2) is 4.79 Å². The van der Waals surface area contributed by atoms with Gasteiger partial charge in [0.15, 0.2) is 0 Å². The van der Waals surface area contributed by atoms with Crippen molar-refractivity contribution in [2.24, 2.45) is 0 Å². The highest BCUT2D eigenvalue weighted by Crippen LogP contribution is 2.24. The molecular formula is C12H12N2O2. The first-order valence-electron chi connectivity index (χ1n) is 4.90. The highest BCUT2D eigenvalue weighted by atomic mass is 16.6. The molecule has 2 aromatic rings. The van der Waals surface area contributed by atoms with Crippen molar-refractivity contribution >= 4 is 16.9 Å². The lowest BCUT2D eigenvalue weighted by Gasteiger charge is -2.12. The van der Waals surface area contributed by atoms with Crippen molar-refractivity contribution < 1.29 is 9.53 Å². The number of fused-ring (bicyclic) bond motifs is 1. The minimum absolute atomic E-state index is 0.385. The van der Waals surface area contributed by atoms with E-state index < -0.39 is 0 Å². The van der Waals surface area contributed by atoms with Gasteiger partial charge in [0.2, 0.25) is 0 Å². The van der Waals surface area contributed by atoms with Crippen molar-refractivity contribution in [1.82, 2.24) is 9.88 Å². The van der Waals surface area contributed by atoms with Crippen LogP contribution in [-0.2, 0) is 0 Å². The summed E-state index contributed by atoms with van der Waals surface area (Å²) in [6, 6.07) is 7.36. The molecule has 0 aliphatic carbocycles. The number of pyridine rings is 1. The molecule has 0 aliphatic heterocycles. The summed E-state index contributed by atoms with van der Waals surface area (Å²) < 4.78 is 5.25. The summed E-state index contributed by atoms with van der Waals surface area (Å²) >= 11 is 0. The molecule has 1 aromatic heterocycles. The van der Waals surface area contributed by atoms with Crippen molar-refractivity contribution in [2.75, 3.05) is 14.1 Å². The molecule has 4 heteroatoms. The number of aromatic nitrogens is 1. The van der Waals surface area contributed by atoms with Crippen molar-refractivity contribution in [3.63, 3.8) is 0 Å². The fraction of sp³-hybridized carbons (Fsp3) is 0.167. The summed E-state index contributed by atoms with van der Waals surface area (Å²) in [5, 5.41) is 1.83. The summed E-state index contributed by atoms with van der Waals surface area (Å²) in [4.78, 5) is 16.9. The third-order valence-electron chi connectivity index (χ3n) is 2.20. The number of carbonyl (C=O) groups is 1. The molecule has 0 radical (unpaired) electrons. The van der Waals surface area contributed by atoms with Crippen molar-refractivity contribution in [3.8, 4) is 5.75 Å². The Morgan fingerprint density at radius 2 is 2.12 bits per heavy atom. The van der Waals surface area contributed by atoms with Gasteiger partial charge in [0.25, 0.3) is 0 Å². The van der Waals surface area contributed by atoms with Crippen LogP contribution in [0.4, 0.5) is 4.79 Å². The molecule has 0 bridgehead atoms. The van der Waals surface area contributed by atoms with Crippen LogP contribution in [0.3, 0.4) is 0 Å². The second-order valence-corrected chi connectivity index (χ2v) is 3.62. The summed E-state index contributed by atoms with van der Waals surface area (Å²) in [5.74, 6) is 0.554. The SMILES string of the molecule is CN(C)C(=O)Oc1cccc2cnccc12. The monoisotopic (exact) mass is 216 g/mol. The first-order valence-corrected chi connectivity index (χ1v) is 4.90. The van der Waals surface area contributed by atoms with E-state index >= 15 is 0 Å². The molecule has 0 aliphatic rings. The van der Waals surface area contributed by atoms with Crippen molar-refractivity contribution in [1.29, 1.82) is 0 Å². The van der Waals surface area contributed by atoms with E-state index in [9.17, 15) is 4.79 Å². The summed E-state index contributed by atoms with van der Waals surface area (Å²) in [7, 11) is 3.30. The van der Waals surface area contributed by atoms with E-state index in [1.165, 1.54) is 4.90 Å². The standard InChI is InChI=1S/C12H12N2O2/c1-14(2)12(15)16-11-5-3-4-9-8-13-7-6-10(9)11/h3-8H,1-2H3. The molecule has 16 heavy (non-hydrogen) atoms. The lowest BCUT2D eigenvalue weighted by molar-refractivity contribution is 0.172. The average Bonchev–Trinajstić information content (AvgIpc) is 2.29. The van der Waals surface area contributed by atoms with Gasteiger partial charge in [-0.05, 0) is 12.1 Å². The minimum atomic E-state index is -0.385. The largest absolute Gasteiger partial charge is 0.414 e. The molecule has 4 nitrogen and oxygen atoms in total. The summed E-state index contributed by atoms with van der Waals surface area (Å²) in [6.45, 7) is 0. The van der Waals surface area contributed by atoms with Crippen LogP contribution in [0.15, 0.2) is 36.7 Å². The summed E-state index contributed by atoms with van der Waals surface area (Å²) in [5.41, 5.74) is 0. The second kappa shape index (κ2) is 4.18. The lowest BCUT2D eigenvalue weighted by Crippen LogP contribution is -2.25. The topological polar surface area (TPSA) is 42.4 Å². The predicted octanol–water partition coefficient (Wildman–Crippen LogP) is 2.30. The number of ether oxygens (including phenoxy) is 1. The number of nitrogens with zero attached hydrogens (tertiary/aromatic N) is 2. The van der Waals surface area contributed by atoms with Gasteiger partial charge in [0.05, 0.1) is 0 Å². The van der Waals surface area contributed by atoms with Crippen LogP contribution in [0.1, 0.15) is 0 Å². The predicted molar refractivity (Wildman–Crippen MR) is 61.5 cm³/mol. The van der Waals surface area contributed by atoms with Crippen LogP contribution in [0.5, 0.6) is 5.75 Å². The fourth-order valence-corrected chi connectivity index (χ4v) is 1.37. The van der Waals surface area contributed by atoms with Crippen molar-refractivity contribution in [2.45, 2.75) is 0 Å². The molecule has 0 atom stereocenters. The Morgan fingerprint density at radius 1 is 1.31 bits per heavy atom. The van der Waals surface area contributed by atoms with Crippen LogP contribution < -0.4 is 4.74 Å². The molecule has 1 heterocycles. The Morgan fingerprint density at radius 3 is 2.88 bits per heavy atom. The molecule has 1 amide bonds. The van der Waals surface area contributed by atoms with Gasteiger partial charge < -0.3 is 9.64 Å². The maximum atomic E-state index is 11.4. The Labute approximate surface area is 93.5 Å². The van der Waals surface area contributed by atoms with Gasteiger partial charge in [0.1, 0.15) is 5.75 Å². The molecule has 2 rings (SSSR count). The zero-order valence-corrected chi connectivity index (χ0v) is 9.18. The zero-order valence-electron chi connectivity index (χ0n) is 9.18. The number of hydrogen-bond donors (Lipinski definition) is 0. The number of benzene rings is 1. The molecular weight excluding hydrogens is 204 g/mol. The maximum absolute atomic E-state index is 11.4. The van der Waals surface area contributed by atoms with E-state index in [1.807, 2.05) is 18.2 Å². The van der Waals surface area contributed by atoms with Gasteiger partial charge >= 0.3 is 6.09 Å². The molecule has 82 valence electrons. The van der Waals surface area contributed by atoms with Crippen molar-refractivity contribution in [3.05, 3.63) is 36.7 Å². The molecule has 1 aromatic carbocycles. The third-order valence-corrected chi connectivity index (χ3v) is 2.20. The molecule has 0 saturated carbocycles. The number of carbonyl (C=O) groups excluding carboxylic acids is 1. The minimum Gasteiger partial charge on any atom is -0.410 e. The Bertz CT molecular complexity index is 518. The summed E-state index contributed by atoms with van der Waals surface area (Å²) in [6.07, 6.45) is 3.03. The van der Waals surface area contributed by atoms with Gasteiger partial charge in [0, 0.05) is 37.3 Å². The van der Waals surface area contributed by atoms with E-state index in [1.54, 1.807) is 32.6 Å². The number of hydrogen-bond acceptors (Lipinski definition) is 3. The lowest BCUT2D eigenvalue weighted by atomic mass is 10.1. The van der Waals surface area contributed by atoms with Crippen LogP contribution >= 0.6 is 0 Å². The first kappa shape index (κ1) is 10.4. The molecule has 0 saturated heterocycles. The molecule has 0 unspecified atom stereocenters. The molecule has 0 spiro atoms. The fourth-order valence-electron chi connectivity index (χ4n) is 1.37. The Kier molecular flexibility index (Phi) is 2.72. The smallest absolute Gasteiger partial charge is 0.410 e. The Hall–Kier alpha value is -2.10. The van der Waals surface area contributed by atoms with E-state index in [4.69, 9.17) is 4.74 Å². The number of rotatable bonds is 1. The van der Waals surface area contributed by atoms with Crippen LogP contribution in [-0.4, -0.2) is 30.1 Å². The van der Waals surface area contributed by atoms with Gasteiger partial charge in [-0.3, -0.25) is 4.98 Å². The van der Waals surface area contributed by atoms with Crippen LogP contribution in [0, 0.1) is 0 Å². The van der Waals surface area contributed by atoms with E-state index in [0.717, 1.165) is 10.8 Å².